The van der Waals surface area contributed by atoms with Gasteiger partial charge in [-0.3, -0.25) is 4.79 Å². The highest BCUT2D eigenvalue weighted by Gasteiger charge is 2.67. The number of rotatable bonds is 4. The number of nitrogens with two attached hydrogens (primary N) is 1. The predicted octanol–water partition coefficient (Wildman–Crippen LogP) is 0.452. The fourth-order valence-electron chi connectivity index (χ4n) is 3.32. The molecule has 0 aliphatic heterocycles. The number of aromatic nitrogens is 3. The van der Waals surface area contributed by atoms with Crippen molar-refractivity contribution >= 4 is 5.91 Å². The number of carbonyl (C=O) groups excluding carboxylic acids is 1. The number of nitrogens with one attached hydrogen (secondary N) is 1. The molecule has 3 fully saturated rings. The monoisotopic (exact) mass is 289 g/mol. The van der Waals surface area contributed by atoms with Gasteiger partial charge in [0.25, 0.3) is 5.91 Å². The van der Waals surface area contributed by atoms with Gasteiger partial charge in [-0.15, -0.1) is 5.10 Å². The Hall–Kier alpha value is -1.64. The molecular formula is C11H14F3N5O. The van der Waals surface area contributed by atoms with Crippen LogP contribution in [0, 0.1) is 5.41 Å². The van der Waals surface area contributed by atoms with Crippen LogP contribution in [0.4, 0.5) is 13.2 Å². The smallest absolute Gasteiger partial charge is 0.345 e. The van der Waals surface area contributed by atoms with E-state index in [1.54, 1.807) is 0 Å². The number of amides is 1. The lowest BCUT2D eigenvalue weighted by molar-refractivity contribution is -0.143. The maximum atomic E-state index is 12.2. The second-order valence-corrected chi connectivity index (χ2v) is 5.89. The molecule has 110 valence electrons. The molecule has 9 heteroatoms. The molecule has 0 unspecified atom stereocenters. The first kappa shape index (κ1) is 13.3. The van der Waals surface area contributed by atoms with Crippen molar-refractivity contribution in [2.24, 2.45) is 11.1 Å². The zero-order valence-electron chi connectivity index (χ0n) is 10.6. The Kier molecular flexibility index (Phi) is 2.63. The zero-order chi connectivity index (χ0) is 14.6. The summed E-state index contributed by atoms with van der Waals surface area (Å²) in [4.78, 5) is 11.9. The van der Waals surface area contributed by atoms with Gasteiger partial charge in [-0.25, -0.2) is 4.68 Å². The van der Waals surface area contributed by atoms with E-state index < -0.39 is 18.6 Å². The summed E-state index contributed by atoms with van der Waals surface area (Å²) in [7, 11) is 0. The molecule has 3 N–H and O–H groups in total. The first-order valence-electron chi connectivity index (χ1n) is 6.24. The second kappa shape index (κ2) is 3.94. The summed E-state index contributed by atoms with van der Waals surface area (Å²) in [5.74, 6) is -0.483. The molecule has 3 saturated carbocycles. The zero-order valence-corrected chi connectivity index (χ0v) is 10.6. The predicted molar refractivity (Wildman–Crippen MR) is 61.6 cm³/mol. The fraction of sp³-hybridized carbons (Fsp3) is 0.727. The number of hydrogen-bond donors (Lipinski definition) is 2. The van der Waals surface area contributed by atoms with Crippen LogP contribution in [-0.2, 0) is 6.54 Å². The molecule has 0 atom stereocenters. The minimum atomic E-state index is -4.39. The number of halogens is 3. The van der Waals surface area contributed by atoms with Crippen molar-refractivity contribution in [2.45, 2.75) is 37.5 Å². The number of alkyl halides is 3. The molecule has 1 aromatic rings. The number of carbonyl (C=O) groups is 1. The Morgan fingerprint density at radius 2 is 2.10 bits per heavy atom. The Morgan fingerprint density at radius 1 is 1.45 bits per heavy atom. The summed E-state index contributed by atoms with van der Waals surface area (Å²) in [6, 6.07) is 0. The molecule has 1 aromatic heterocycles. The molecule has 3 aliphatic rings. The van der Waals surface area contributed by atoms with Crippen molar-refractivity contribution in [1.29, 1.82) is 0 Å². The summed E-state index contributed by atoms with van der Waals surface area (Å²) in [5.41, 5.74) is 5.46. The largest absolute Gasteiger partial charge is 0.408 e. The molecule has 0 saturated heterocycles. The third kappa shape index (κ3) is 2.15. The van der Waals surface area contributed by atoms with Gasteiger partial charge < -0.3 is 11.1 Å². The van der Waals surface area contributed by atoms with Gasteiger partial charge in [-0.1, -0.05) is 5.21 Å². The first-order valence-corrected chi connectivity index (χ1v) is 6.24. The summed E-state index contributed by atoms with van der Waals surface area (Å²) in [5, 5.41) is 9.60. The van der Waals surface area contributed by atoms with Gasteiger partial charge in [-0.2, -0.15) is 13.2 Å². The molecule has 3 aliphatic carbocycles. The molecule has 2 bridgehead atoms. The van der Waals surface area contributed by atoms with Gasteiger partial charge in [-0.05, 0) is 31.2 Å². The quantitative estimate of drug-likeness (QED) is 0.842. The van der Waals surface area contributed by atoms with Crippen LogP contribution in [0.25, 0.3) is 0 Å². The van der Waals surface area contributed by atoms with Crippen LogP contribution >= 0.6 is 0 Å². The third-order valence-corrected chi connectivity index (χ3v) is 4.06. The van der Waals surface area contributed by atoms with E-state index in [2.05, 4.69) is 15.6 Å². The third-order valence-electron chi connectivity index (χ3n) is 4.06. The van der Waals surface area contributed by atoms with Crippen LogP contribution < -0.4 is 11.1 Å². The molecule has 20 heavy (non-hydrogen) atoms. The highest BCUT2D eigenvalue weighted by Crippen LogP contribution is 2.66. The average molecular weight is 289 g/mol. The van der Waals surface area contributed by atoms with Crippen molar-refractivity contribution in [3.05, 3.63) is 11.9 Å². The minimum absolute atomic E-state index is 0.0965. The molecule has 4 rings (SSSR count). The van der Waals surface area contributed by atoms with E-state index in [0.717, 1.165) is 25.5 Å². The standard InChI is InChI=1S/C11H14F3N5O/c12-11(13,14)6-19-1-7(17-18-19)8(20)16-10-2-9(3-10,4-10)5-15/h1H,2-6,15H2,(H,16,20). The Labute approximate surface area is 112 Å². The van der Waals surface area contributed by atoms with Crippen LogP contribution in [0.5, 0.6) is 0 Å². The topological polar surface area (TPSA) is 85.8 Å². The van der Waals surface area contributed by atoms with Crippen LogP contribution in [0.3, 0.4) is 0 Å². The Balaban J connectivity index is 1.59. The van der Waals surface area contributed by atoms with Crippen molar-refractivity contribution in [1.82, 2.24) is 20.3 Å². The maximum Gasteiger partial charge on any atom is 0.408 e. The van der Waals surface area contributed by atoms with Crippen molar-refractivity contribution in [3.8, 4) is 0 Å². The van der Waals surface area contributed by atoms with Crippen molar-refractivity contribution < 1.29 is 18.0 Å². The van der Waals surface area contributed by atoms with Crippen LogP contribution in [0.1, 0.15) is 29.8 Å². The lowest BCUT2D eigenvalue weighted by atomic mass is 9.39. The minimum Gasteiger partial charge on any atom is -0.345 e. The van der Waals surface area contributed by atoms with Crippen LogP contribution in [-0.4, -0.2) is 39.2 Å². The SMILES string of the molecule is NCC12CC(NC(=O)c3cn(CC(F)(F)F)nn3)(C1)C2. The summed E-state index contributed by atoms with van der Waals surface area (Å²) >= 11 is 0. The van der Waals surface area contributed by atoms with Crippen LogP contribution in [0.15, 0.2) is 6.20 Å². The Bertz CT molecular complexity index is 533. The maximum absolute atomic E-state index is 12.2. The van der Waals surface area contributed by atoms with E-state index in [-0.39, 0.29) is 16.6 Å². The summed E-state index contributed by atoms with van der Waals surface area (Å²) < 4.78 is 37.1. The Morgan fingerprint density at radius 3 is 2.65 bits per heavy atom. The molecule has 0 aromatic carbocycles. The molecule has 1 amide bonds. The van der Waals surface area contributed by atoms with E-state index >= 15 is 0 Å². The molecule has 0 spiro atoms. The van der Waals surface area contributed by atoms with Crippen molar-refractivity contribution in [2.75, 3.05) is 6.54 Å². The van der Waals surface area contributed by atoms with Gasteiger partial charge in [0.2, 0.25) is 0 Å². The first-order chi connectivity index (χ1) is 9.25. The number of hydrogen-bond acceptors (Lipinski definition) is 4. The average Bonchev–Trinajstić information content (AvgIpc) is 2.66. The lowest BCUT2D eigenvalue weighted by Gasteiger charge is -2.70. The summed E-state index contributed by atoms with van der Waals surface area (Å²) in [6.45, 7) is -0.652. The second-order valence-electron chi connectivity index (χ2n) is 5.89. The number of nitrogens with zero attached hydrogens (tertiary/aromatic N) is 3. The van der Waals surface area contributed by atoms with E-state index in [4.69, 9.17) is 5.73 Å². The van der Waals surface area contributed by atoms with Gasteiger partial charge in [0, 0.05) is 5.54 Å². The highest BCUT2D eigenvalue weighted by atomic mass is 19.4. The molecule has 0 radical (unpaired) electrons. The van der Waals surface area contributed by atoms with E-state index in [1.165, 1.54) is 0 Å². The molecule has 1 heterocycles. The lowest BCUT2D eigenvalue weighted by Crippen LogP contribution is -2.76. The van der Waals surface area contributed by atoms with E-state index in [0.29, 0.717) is 11.2 Å². The normalized spacial score (nSPS) is 31.4. The molecule has 6 nitrogen and oxygen atoms in total. The molecular weight excluding hydrogens is 275 g/mol. The van der Waals surface area contributed by atoms with E-state index in [1.807, 2.05) is 0 Å². The van der Waals surface area contributed by atoms with E-state index in [9.17, 15) is 18.0 Å². The van der Waals surface area contributed by atoms with Gasteiger partial charge >= 0.3 is 6.18 Å². The van der Waals surface area contributed by atoms with Crippen molar-refractivity contribution in [3.63, 3.8) is 0 Å². The van der Waals surface area contributed by atoms with Crippen LogP contribution in [0.2, 0.25) is 0 Å². The van der Waals surface area contributed by atoms with Gasteiger partial charge in [0.05, 0.1) is 6.20 Å². The highest BCUT2D eigenvalue weighted by molar-refractivity contribution is 5.92. The van der Waals surface area contributed by atoms with Gasteiger partial charge in [0.1, 0.15) is 6.54 Å². The van der Waals surface area contributed by atoms with Gasteiger partial charge in [0.15, 0.2) is 5.69 Å². The fourth-order valence-corrected chi connectivity index (χ4v) is 3.32. The summed E-state index contributed by atoms with van der Waals surface area (Å²) in [6.07, 6.45) is -0.882.